The van der Waals surface area contributed by atoms with Crippen molar-refractivity contribution < 1.29 is 4.79 Å². The molecule has 2 heterocycles. The van der Waals surface area contributed by atoms with E-state index in [2.05, 4.69) is 17.2 Å². The first-order chi connectivity index (χ1) is 18.9. The zero-order valence-corrected chi connectivity index (χ0v) is 22.0. The summed E-state index contributed by atoms with van der Waals surface area (Å²) in [6.45, 7) is 5.22. The Morgan fingerprint density at radius 3 is 2.26 bits per heavy atom. The van der Waals surface area contributed by atoms with Crippen LogP contribution in [0.1, 0.15) is 39.7 Å². The number of hydrogen-bond donors (Lipinski definition) is 0. The Morgan fingerprint density at radius 1 is 0.923 bits per heavy atom. The zero-order chi connectivity index (χ0) is 27.5. The average Bonchev–Trinajstić information content (AvgIpc) is 3.34. The predicted molar refractivity (Wildman–Crippen MR) is 150 cm³/mol. The summed E-state index contributed by atoms with van der Waals surface area (Å²) >= 11 is 0. The van der Waals surface area contributed by atoms with Crippen LogP contribution in [0.2, 0.25) is 0 Å². The molecule has 0 aliphatic rings. The standard InChI is InChI=1S/C32H26N6O/c1-4-38-21(2)27(19-35-38)20-37(3)32(39)29-16-31(26-10-6-8-23(14-26)18-34)36-30-12-11-25(15-28(29)30)24-9-5-7-22(13-24)17-33/h5-16,19H,4,20H2,1-3H3. The molecule has 5 rings (SSSR count). The Labute approximate surface area is 227 Å². The van der Waals surface area contributed by atoms with Gasteiger partial charge in [-0.15, -0.1) is 0 Å². The molecule has 0 saturated carbocycles. The molecule has 0 N–H and O–H groups in total. The van der Waals surface area contributed by atoms with Gasteiger partial charge in [0.15, 0.2) is 0 Å². The largest absolute Gasteiger partial charge is 0.337 e. The average molecular weight is 511 g/mol. The molecule has 0 saturated heterocycles. The van der Waals surface area contributed by atoms with Gasteiger partial charge in [0.2, 0.25) is 0 Å². The lowest BCUT2D eigenvalue weighted by molar-refractivity contribution is 0.0787. The van der Waals surface area contributed by atoms with E-state index in [9.17, 15) is 15.3 Å². The quantitative estimate of drug-likeness (QED) is 0.274. The normalized spacial score (nSPS) is 10.7. The molecule has 0 aliphatic carbocycles. The predicted octanol–water partition coefficient (Wildman–Crippen LogP) is 6.11. The van der Waals surface area contributed by atoms with E-state index < -0.39 is 0 Å². The zero-order valence-electron chi connectivity index (χ0n) is 22.0. The van der Waals surface area contributed by atoms with E-state index in [1.165, 1.54) is 0 Å². The second kappa shape index (κ2) is 10.6. The fourth-order valence-corrected chi connectivity index (χ4v) is 4.74. The van der Waals surface area contributed by atoms with Crippen LogP contribution in [0.15, 0.2) is 79.0 Å². The van der Waals surface area contributed by atoms with Crippen molar-refractivity contribution in [3.8, 4) is 34.5 Å². The molecule has 2 aromatic heterocycles. The summed E-state index contributed by atoms with van der Waals surface area (Å²) in [7, 11) is 1.79. The van der Waals surface area contributed by atoms with Gasteiger partial charge in [0.1, 0.15) is 0 Å². The summed E-state index contributed by atoms with van der Waals surface area (Å²) < 4.78 is 1.91. The third-order valence-electron chi connectivity index (χ3n) is 6.91. The van der Waals surface area contributed by atoms with Gasteiger partial charge in [-0.2, -0.15) is 15.6 Å². The van der Waals surface area contributed by atoms with Crippen LogP contribution < -0.4 is 0 Å². The minimum Gasteiger partial charge on any atom is -0.337 e. The lowest BCUT2D eigenvalue weighted by Crippen LogP contribution is -2.26. The molecule has 7 nitrogen and oxygen atoms in total. The number of amides is 1. The van der Waals surface area contributed by atoms with Gasteiger partial charge in [-0.25, -0.2) is 4.98 Å². The monoisotopic (exact) mass is 510 g/mol. The number of fused-ring (bicyclic) bond motifs is 1. The highest BCUT2D eigenvalue weighted by Gasteiger charge is 2.20. The smallest absolute Gasteiger partial charge is 0.254 e. The van der Waals surface area contributed by atoms with E-state index in [-0.39, 0.29) is 5.91 Å². The SMILES string of the molecule is CCn1ncc(CN(C)C(=O)c2cc(-c3cccc(C#N)c3)nc3ccc(-c4cccc(C#N)c4)cc23)c1C. The molecule has 0 spiro atoms. The van der Waals surface area contributed by atoms with E-state index in [0.29, 0.717) is 39.8 Å². The number of rotatable bonds is 6. The van der Waals surface area contributed by atoms with Crippen LogP contribution in [0, 0.1) is 29.6 Å². The highest BCUT2D eigenvalue weighted by atomic mass is 16.2. The molecular weight excluding hydrogens is 484 g/mol. The lowest BCUT2D eigenvalue weighted by Gasteiger charge is -2.19. The van der Waals surface area contributed by atoms with E-state index in [0.717, 1.165) is 34.5 Å². The van der Waals surface area contributed by atoms with Crippen LogP contribution in [0.4, 0.5) is 0 Å². The number of nitriles is 2. The Bertz CT molecular complexity index is 1800. The highest BCUT2D eigenvalue weighted by molar-refractivity contribution is 6.08. The molecule has 5 aromatic rings. The van der Waals surface area contributed by atoms with Crippen molar-refractivity contribution in [2.24, 2.45) is 0 Å². The summed E-state index contributed by atoms with van der Waals surface area (Å²) in [5.41, 5.74) is 7.44. The van der Waals surface area contributed by atoms with Crippen molar-refractivity contribution in [3.05, 3.63) is 107 Å². The Morgan fingerprint density at radius 2 is 1.59 bits per heavy atom. The second-order valence-corrected chi connectivity index (χ2v) is 9.40. The summed E-state index contributed by atoms with van der Waals surface area (Å²) in [5, 5.41) is 23.9. The van der Waals surface area contributed by atoms with Crippen molar-refractivity contribution in [1.29, 1.82) is 10.5 Å². The molecule has 0 bridgehead atoms. The van der Waals surface area contributed by atoms with Crippen LogP contribution in [0.5, 0.6) is 0 Å². The van der Waals surface area contributed by atoms with Crippen molar-refractivity contribution in [1.82, 2.24) is 19.7 Å². The molecule has 3 aromatic carbocycles. The molecule has 0 fully saturated rings. The highest BCUT2D eigenvalue weighted by Crippen LogP contribution is 2.31. The van der Waals surface area contributed by atoms with Gasteiger partial charge >= 0.3 is 0 Å². The Kier molecular flexibility index (Phi) is 6.91. The minimum atomic E-state index is -0.147. The molecule has 7 heteroatoms. The van der Waals surface area contributed by atoms with E-state index >= 15 is 0 Å². The summed E-state index contributed by atoms with van der Waals surface area (Å²) in [4.78, 5) is 20.5. The van der Waals surface area contributed by atoms with Crippen LogP contribution in [-0.2, 0) is 13.1 Å². The number of aromatic nitrogens is 3. The number of hydrogen-bond acceptors (Lipinski definition) is 5. The first-order valence-electron chi connectivity index (χ1n) is 12.6. The van der Waals surface area contributed by atoms with Crippen molar-refractivity contribution in [2.75, 3.05) is 7.05 Å². The van der Waals surface area contributed by atoms with Crippen molar-refractivity contribution >= 4 is 16.8 Å². The van der Waals surface area contributed by atoms with Crippen LogP contribution in [0.3, 0.4) is 0 Å². The molecule has 0 aliphatic heterocycles. The van der Waals surface area contributed by atoms with Gasteiger partial charge in [0, 0.05) is 42.3 Å². The van der Waals surface area contributed by atoms with Gasteiger partial charge in [0.05, 0.1) is 46.2 Å². The van der Waals surface area contributed by atoms with Gasteiger partial charge in [-0.3, -0.25) is 9.48 Å². The van der Waals surface area contributed by atoms with Crippen molar-refractivity contribution in [3.63, 3.8) is 0 Å². The number of aryl methyl sites for hydroxylation is 1. The Hall–Kier alpha value is -5.27. The minimum absolute atomic E-state index is 0.147. The van der Waals surface area contributed by atoms with Gasteiger partial charge < -0.3 is 4.90 Å². The molecule has 39 heavy (non-hydrogen) atoms. The maximum Gasteiger partial charge on any atom is 0.254 e. The maximum atomic E-state index is 14.0. The number of pyridine rings is 1. The topological polar surface area (TPSA) is 98.6 Å². The van der Waals surface area contributed by atoms with Crippen molar-refractivity contribution in [2.45, 2.75) is 26.9 Å². The van der Waals surface area contributed by atoms with E-state index in [1.807, 2.05) is 73.3 Å². The summed E-state index contributed by atoms with van der Waals surface area (Å²) in [5.74, 6) is -0.147. The second-order valence-electron chi connectivity index (χ2n) is 9.40. The number of nitrogens with zero attached hydrogens (tertiary/aromatic N) is 6. The fraction of sp³-hybridized carbons (Fsp3) is 0.156. The van der Waals surface area contributed by atoms with Crippen LogP contribution in [0.25, 0.3) is 33.3 Å². The third-order valence-corrected chi connectivity index (χ3v) is 6.91. The van der Waals surface area contributed by atoms with Crippen LogP contribution in [-0.4, -0.2) is 32.6 Å². The summed E-state index contributed by atoms with van der Waals surface area (Å²) in [6, 6.07) is 26.6. The van der Waals surface area contributed by atoms with Gasteiger partial charge in [-0.1, -0.05) is 30.3 Å². The van der Waals surface area contributed by atoms with Crippen LogP contribution >= 0.6 is 0 Å². The third kappa shape index (κ3) is 4.99. The Balaban J connectivity index is 1.64. The molecule has 1 amide bonds. The number of carbonyl (C=O) groups is 1. The van der Waals surface area contributed by atoms with E-state index in [1.54, 1.807) is 36.2 Å². The number of carbonyl (C=O) groups excluding carboxylic acids is 1. The first kappa shape index (κ1) is 25.4. The molecule has 0 atom stereocenters. The first-order valence-corrected chi connectivity index (χ1v) is 12.6. The maximum absolute atomic E-state index is 14.0. The molecule has 190 valence electrons. The number of benzene rings is 3. The molecular formula is C32H26N6O. The molecule has 0 radical (unpaired) electrons. The molecule has 0 unspecified atom stereocenters. The van der Waals surface area contributed by atoms with Gasteiger partial charge in [0.25, 0.3) is 5.91 Å². The lowest BCUT2D eigenvalue weighted by atomic mass is 9.97. The fourth-order valence-electron chi connectivity index (χ4n) is 4.74. The van der Waals surface area contributed by atoms with Gasteiger partial charge in [-0.05, 0) is 67.4 Å². The van der Waals surface area contributed by atoms with E-state index in [4.69, 9.17) is 4.98 Å². The summed E-state index contributed by atoms with van der Waals surface area (Å²) in [6.07, 6.45) is 1.81.